The van der Waals surface area contributed by atoms with Crippen molar-refractivity contribution in [2.45, 2.75) is 17.3 Å². The van der Waals surface area contributed by atoms with E-state index in [4.69, 9.17) is 0 Å². The highest BCUT2D eigenvalue weighted by molar-refractivity contribution is 9.10. The number of fused-ring (bicyclic) bond motifs is 26. The lowest BCUT2D eigenvalue weighted by Gasteiger charge is -2.45. The van der Waals surface area contributed by atoms with Crippen LogP contribution in [0.4, 0.5) is 51.2 Å². The van der Waals surface area contributed by atoms with Crippen LogP contribution in [0, 0.1) is 0 Å². The van der Waals surface area contributed by atoms with Gasteiger partial charge in [0.05, 0.1) is 39.3 Å². The monoisotopic (exact) mass is 1730 g/mol. The minimum absolute atomic E-state index is 0. The number of hydrogen-bond acceptors (Lipinski definition) is 3. The molecule has 0 atom stereocenters. The molecule has 0 saturated carbocycles. The molecule has 0 radical (unpaired) electrons. The topological polar surface area (TPSA) is 9.72 Å². The highest BCUT2D eigenvalue weighted by atomic mass is 79.9. The summed E-state index contributed by atoms with van der Waals surface area (Å²) in [6.45, 7) is 0. The highest BCUT2D eigenvalue weighted by Gasteiger charge is 2.55. The molecule has 26 rings (SSSR count). The molecule has 3 nitrogen and oxygen atoms in total. The maximum absolute atomic E-state index is 4.01. The zero-order chi connectivity index (χ0) is 86.9. The fourth-order valence-corrected chi connectivity index (χ4v) is 22.4. The van der Waals surface area contributed by atoms with Crippen LogP contribution in [0.5, 0.6) is 0 Å². The van der Waals surface area contributed by atoms with E-state index in [2.05, 4.69) is 540 Å². The van der Waals surface area contributed by atoms with Gasteiger partial charge >= 0.3 is 0 Å². The lowest BCUT2D eigenvalue weighted by atomic mass is 9.64. The van der Waals surface area contributed by atoms with Gasteiger partial charge in [0.2, 0.25) is 0 Å². The van der Waals surface area contributed by atoms with Crippen molar-refractivity contribution in [1.82, 2.24) is 0 Å². The summed E-state index contributed by atoms with van der Waals surface area (Å²) in [5.41, 5.74) is 37.6. The van der Waals surface area contributed by atoms with Gasteiger partial charge in [-0.1, -0.05) is 441 Å². The van der Waals surface area contributed by atoms with Crippen molar-refractivity contribution in [3.8, 4) is 66.8 Å². The molecule has 0 unspecified atom stereocenters. The third-order valence-electron chi connectivity index (χ3n) is 27.5. The summed E-state index contributed by atoms with van der Waals surface area (Å²) < 4.78 is 1.13. The summed E-state index contributed by atoms with van der Waals surface area (Å²) in [5, 5.41) is 10.0. The largest absolute Gasteiger partial charge is 0.310 e. The fourth-order valence-electron chi connectivity index (χ4n) is 21.8. The Morgan fingerprint density at radius 2 is 0.473 bits per heavy atom. The molecular formula is C127H88BrN3. The number of nitrogens with zero attached hydrogens (tertiary/aromatic N) is 3. The van der Waals surface area contributed by atoms with E-state index in [1.165, 1.54) is 194 Å². The zero-order valence-electron chi connectivity index (χ0n) is 71.9. The van der Waals surface area contributed by atoms with E-state index < -0.39 is 10.8 Å². The lowest BCUT2D eigenvalue weighted by Crippen LogP contribution is -2.36. The van der Waals surface area contributed by atoms with Crippen LogP contribution >= 0.6 is 15.9 Å². The van der Waals surface area contributed by atoms with Gasteiger partial charge in [0.25, 0.3) is 0 Å². The Kier molecular flexibility index (Phi) is 19.6. The molecule has 2 spiro atoms. The van der Waals surface area contributed by atoms with Crippen molar-refractivity contribution in [3.63, 3.8) is 0 Å². The Balaban J connectivity index is 0.000000125. The molecule has 0 bridgehead atoms. The van der Waals surface area contributed by atoms with Crippen molar-refractivity contribution >= 4 is 110 Å². The molecule has 22 aromatic carbocycles. The van der Waals surface area contributed by atoms with Crippen molar-refractivity contribution in [1.29, 1.82) is 0 Å². The van der Waals surface area contributed by atoms with Crippen molar-refractivity contribution < 1.29 is 1.43 Å². The molecule has 2 aliphatic carbocycles. The van der Waals surface area contributed by atoms with Gasteiger partial charge in [0, 0.05) is 34.0 Å². The standard InChI is InChI=1S/C63H42N2.C39H24BrN.C25H20.H2/c1-4-18-43(19-5-1)45-32-37-49(38-33-45)64(50-39-34-46(35-40-50)44-20-6-2-7-21-44)60-42-57-62(53-27-13-12-26-52(53)60)61-51-25-11-10-22-47(51)36-41-56(61)63(57)54-28-14-16-30-58(54)65(48-23-8-3-9-24-48)59-31-17-15-29-55(59)63;40-34-24-33-38(29-17-7-6-16-28(29)34)37-27-15-5-4-12-25(27)22-23-32(37)39(33)30-18-8-10-20-35(30)41(26-13-2-1-3-14-26)36-21-11-9-19-31(36)39;1-3-7-22(8-4-1)24-15-11-20(12-16-24)19-21-13-17-25(18-14-21)23-9-5-2-6-10-23;/h1-42H;1-24H;1-18H,19H2;1H/i;;;1+1. The normalized spacial score (nSPS) is 12.9. The molecule has 131 heavy (non-hydrogen) atoms. The minimum atomic E-state index is -0.647. The summed E-state index contributed by atoms with van der Waals surface area (Å²) in [4.78, 5) is 7.38. The Hall–Kier alpha value is -16.2. The summed E-state index contributed by atoms with van der Waals surface area (Å²) in [6.07, 6.45) is 0.962. The van der Waals surface area contributed by atoms with E-state index in [-0.39, 0.29) is 1.43 Å². The summed E-state index contributed by atoms with van der Waals surface area (Å²) in [6, 6.07) is 186. The first-order chi connectivity index (χ1) is 64.9. The van der Waals surface area contributed by atoms with E-state index in [9.17, 15) is 0 Å². The molecule has 4 aliphatic rings. The second-order valence-electron chi connectivity index (χ2n) is 34.5. The Labute approximate surface area is 774 Å². The van der Waals surface area contributed by atoms with Gasteiger partial charge in [0.1, 0.15) is 0 Å². The number of rotatable bonds is 11. The average molecular weight is 1740 g/mol. The number of hydrogen-bond donors (Lipinski definition) is 0. The van der Waals surface area contributed by atoms with E-state index in [0.717, 1.165) is 33.6 Å². The molecule has 22 aromatic rings. The van der Waals surface area contributed by atoms with E-state index in [1.807, 2.05) is 0 Å². The SMILES string of the molecule is Brc1cc2c(c3ccccc13)-c1c(ccc3ccccc13)C21c2ccccc2N(c2ccccc2)c2ccccc21.[2HH].c1ccc(-c2ccc(Cc3ccc(-c4ccccc4)cc3)cc2)cc1.c1ccc(-c2ccc(N(c3ccc(-c4ccccc4)cc3)c3cc4c(c5ccccc35)-c3c(ccc5ccccc35)C43c4ccccc4N(c4ccccc4)c4ccccc43)cc2)cc1. The van der Waals surface area contributed by atoms with Crippen molar-refractivity contribution in [2.24, 2.45) is 0 Å². The van der Waals surface area contributed by atoms with Crippen LogP contribution in [0.25, 0.3) is 110 Å². The molecule has 2 aliphatic heterocycles. The second kappa shape index (κ2) is 32.9. The predicted molar refractivity (Wildman–Crippen MR) is 556 cm³/mol. The molecule has 0 saturated heterocycles. The smallest absolute Gasteiger partial charge is 0.0755 e. The first kappa shape index (κ1) is 78.3. The van der Waals surface area contributed by atoms with Crippen LogP contribution in [-0.2, 0) is 17.3 Å². The van der Waals surface area contributed by atoms with Gasteiger partial charge in [-0.25, -0.2) is 0 Å². The molecule has 2 heterocycles. The summed E-state index contributed by atoms with van der Waals surface area (Å²) in [7, 11) is 0. The Bertz CT molecular complexity index is 7830. The number of benzene rings is 22. The first-order valence-electron chi connectivity index (χ1n) is 45.3. The maximum Gasteiger partial charge on any atom is 0.0755 e. The number of anilines is 9. The van der Waals surface area contributed by atoms with E-state index in [0.29, 0.717) is 0 Å². The van der Waals surface area contributed by atoms with Crippen LogP contribution < -0.4 is 14.7 Å². The van der Waals surface area contributed by atoms with Gasteiger partial charge in [-0.3, -0.25) is 0 Å². The fraction of sp³-hybridized carbons (Fsp3) is 0.0236. The molecule has 4 heteroatoms. The van der Waals surface area contributed by atoms with Gasteiger partial charge in [0.15, 0.2) is 0 Å². The third-order valence-corrected chi connectivity index (χ3v) is 28.1. The van der Waals surface area contributed by atoms with Gasteiger partial charge in [-0.2, -0.15) is 0 Å². The second-order valence-corrected chi connectivity index (χ2v) is 35.3. The Morgan fingerprint density at radius 3 is 0.840 bits per heavy atom. The van der Waals surface area contributed by atoms with Crippen molar-refractivity contribution in [2.75, 3.05) is 14.7 Å². The molecule has 0 aromatic heterocycles. The summed E-state index contributed by atoms with van der Waals surface area (Å²) >= 11 is 4.01. The third kappa shape index (κ3) is 13.1. The van der Waals surface area contributed by atoms with Crippen LogP contribution in [0.15, 0.2) is 514 Å². The highest BCUT2D eigenvalue weighted by Crippen LogP contribution is 2.69. The molecular weight excluding hydrogens is 1650 g/mol. The maximum atomic E-state index is 4.01. The predicted octanol–water partition coefficient (Wildman–Crippen LogP) is 34.7. The molecule has 0 N–H and O–H groups in total. The summed E-state index contributed by atoms with van der Waals surface area (Å²) in [5.74, 6) is 0. The van der Waals surface area contributed by atoms with Crippen LogP contribution in [0.3, 0.4) is 0 Å². The molecule has 0 amide bonds. The number of halogens is 1. The lowest BCUT2D eigenvalue weighted by molar-refractivity contribution is 0.753. The van der Waals surface area contributed by atoms with Crippen LogP contribution in [-0.4, -0.2) is 0 Å². The average Bonchev–Trinajstić information content (AvgIpc) is 1.47. The van der Waals surface area contributed by atoms with Crippen molar-refractivity contribution in [3.05, 3.63) is 570 Å². The Morgan fingerprint density at radius 1 is 0.206 bits per heavy atom. The number of para-hydroxylation sites is 6. The van der Waals surface area contributed by atoms with E-state index >= 15 is 0 Å². The first-order valence-corrected chi connectivity index (χ1v) is 46.0. The quantitative estimate of drug-likeness (QED) is 0.128. The van der Waals surface area contributed by atoms with Gasteiger partial charge in [-0.05, 0) is 251 Å². The van der Waals surface area contributed by atoms with Gasteiger partial charge in [-0.15, -0.1) is 0 Å². The van der Waals surface area contributed by atoms with Crippen LogP contribution in [0.1, 0.15) is 57.1 Å². The van der Waals surface area contributed by atoms with E-state index in [1.54, 1.807) is 0 Å². The van der Waals surface area contributed by atoms with Crippen LogP contribution in [0.2, 0.25) is 0 Å². The zero-order valence-corrected chi connectivity index (χ0v) is 73.5. The molecule has 618 valence electrons. The molecule has 0 fully saturated rings. The minimum Gasteiger partial charge on any atom is -0.310 e. The van der Waals surface area contributed by atoms with Gasteiger partial charge < -0.3 is 14.7 Å².